The van der Waals surface area contributed by atoms with E-state index in [1.54, 1.807) is 0 Å². The molecule has 0 spiro atoms. The summed E-state index contributed by atoms with van der Waals surface area (Å²) in [6, 6.07) is 17.5. The average Bonchev–Trinajstić information content (AvgIpc) is 3.54. The molecule has 0 saturated carbocycles. The Kier molecular flexibility index (Phi) is 8.89. The van der Waals surface area contributed by atoms with Gasteiger partial charge in [0.1, 0.15) is 0 Å². The van der Waals surface area contributed by atoms with Gasteiger partial charge in [-0.3, -0.25) is 0 Å². The number of carbonyl (C=O) groups is 1. The van der Waals surface area contributed by atoms with Gasteiger partial charge < -0.3 is 10.1 Å². The number of hydrogen-bond donors (Lipinski definition) is 2. The standard InChI is InChI=1S/C29H35N5O2S2/c1-7-8-23(24-13-14-26(38-24)36-28(35)30-17-25-31-33-34-32-25)37-22-15-18(2)27(19(3)16-22)20-9-11-21(12-10-20)29(4,5)6/h9-16,23H,7-8,17H2,1-6H3,(H,30,35)(H,31,32,33,34). The number of nitrogens with one attached hydrogen (secondary N) is 2. The lowest BCUT2D eigenvalue weighted by atomic mass is 9.85. The second-order valence-corrected chi connectivity index (χ2v) is 12.7. The number of carbonyl (C=O) groups excluding carboxylic acids is 1. The van der Waals surface area contributed by atoms with Gasteiger partial charge in [0.25, 0.3) is 0 Å². The van der Waals surface area contributed by atoms with Gasteiger partial charge in [-0.2, -0.15) is 5.21 Å². The first kappa shape index (κ1) is 27.9. The fourth-order valence-electron chi connectivity index (χ4n) is 4.37. The number of thioether (sulfide) groups is 1. The average molecular weight is 550 g/mol. The van der Waals surface area contributed by atoms with Crippen molar-refractivity contribution < 1.29 is 9.53 Å². The van der Waals surface area contributed by atoms with E-state index < -0.39 is 6.09 Å². The number of H-pyrrole nitrogens is 1. The second-order valence-electron chi connectivity index (χ2n) is 10.4. The van der Waals surface area contributed by atoms with Gasteiger partial charge in [-0.15, -0.1) is 33.3 Å². The minimum absolute atomic E-state index is 0.142. The third kappa shape index (κ3) is 7.02. The number of aromatic nitrogens is 4. The molecule has 38 heavy (non-hydrogen) atoms. The molecule has 9 heteroatoms. The van der Waals surface area contributed by atoms with E-state index in [4.69, 9.17) is 4.74 Å². The minimum atomic E-state index is -0.541. The Labute approximate surface area is 232 Å². The van der Waals surface area contributed by atoms with Crippen molar-refractivity contribution in [1.82, 2.24) is 25.9 Å². The van der Waals surface area contributed by atoms with Crippen LogP contribution in [0, 0.1) is 13.8 Å². The third-order valence-corrected chi connectivity index (χ3v) is 8.78. The number of thiophene rings is 1. The Hall–Kier alpha value is -3.17. The smallest absolute Gasteiger partial charge is 0.399 e. The van der Waals surface area contributed by atoms with Crippen molar-refractivity contribution in [2.75, 3.05) is 0 Å². The van der Waals surface area contributed by atoms with E-state index in [0.29, 0.717) is 10.9 Å². The Morgan fingerprint density at radius 1 is 1.11 bits per heavy atom. The van der Waals surface area contributed by atoms with Crippen LogP contribution in [0.3, 0.4) is 0 Å². The maximum Gasteiger partial charge on any atom is 0.413 e. The third-order valence-electron chi connectivity index (χ3n) is 6.27. The Bertz CT molecular complexity index is 1340. The normalized spacial score (nSPS) is 12.4. The lowest BCUT2D eigenvalue weighted by molar-refractivity contribution is 0.201. The van der Waals surface area contributed by atoms with E-state index in [1.807, 2.05) is 17.8 Å². The Morgan fingerprint density at radius 2 is 1.82 bits per heavy atom. The van der Waals surface area contributed by atoms with Crippen molar-refractivity contribution in [3.05, 3.63) is 75.9 Å². The van der Waals surface area contributed by atoms with Gasteiger partial charge in [-0.1, -0.05) is 63.6 Å². The molecule has 1 atom stereocenters. The summed E-state index contributed by atoms with van der Waals surface area (Å²) in [5, 5.41) is 16.9. The molecule has 0 aliphatic carbocycles. The van der Waals surface area contributed by atoms with Crippen LogP contribution in [-0.2, 0) is 12.0 Å². The van der Waals surface area contributed by atoms with Gasteiger partial charge in [0.2, 0.25) is 0 Å². The highest BCUT2D eigenvalue weighted by Crippen LogP contribution is 2.44. The number of nitrogens with zero attached hydrogens (tertiary/aromatic N) is 3. The molecule has 0 saturated heterocycles. The molecule has 4 aromatic rings. The molecule has 2 N–H and O–H groups in total. The van der Waals surface area contributed by atoms with Crippen LogP contribution in [0.5, 0.6) is 5.06 Å². The van der Waals surface area contributed by atoms with E-state index in [-0.39, 0.29) is 17.2 Å². The summed E-state index contributed by atoms with van der Waals surface area (Å²) in [5.41, 5.74) is 6.60. The SMILES string of the molecule is CCCC(Sc1cc(C)c(-c2ccc(C(C)(C)C)cc2)c(C)c1)c1ccc(OC(=O)NCc2nn[nH]n2)s1. The maximum atomic E-state index is 12.2. The molecule has 0 fully saturated rings. The molecular formula is C29H35N5O2S2. The molecule has 1 amide bonds. The van der Waals surface area contributed by atoms with Crippen LogP contribution in [0.2, 0.25) is 0 Å². The number of benzene rings is 2. The largest absolute Gasteiger partial charge is 0.413 e. The van der Waals surface area contributed by atoms with Gasteiger partial charge in [-0.25, -0.2) is 4.79 Å². The quantitative estimate of drug-likeness (QED) is 0.207. The molecule has 1 unspecified atom stereocenters. The van der Waals surface area contributed by atoms with E-state index in [0.717, 1.165) is 12.8 Å². The number of aromatic amines is 1. The van der Waals surface area contributed by atoms with Crippen molar-refractivity contribution in [3.63, 3.8) is 0 Å². The highest BCUT2D eigenvalue weighted by Gasteiger charge is 2.19. The zero-order valence-corrected chi connectivity index (χ0v) is 24.4. The predicted molar refractivity (Wildman–Crippen MR) is 155 cm³/mol. The molecular weight excluding hydrogens is 514 g/mol. The zero-order chi connectivity index (χ0) is 27.3. The Balaban J connectivity index is 1.46. The number of aryl methyl sites for hydroxylation is 2. The number of amides is 1. The van der Waals surface area contributed by atoms with Gasteiger partial charge in [0, 0.05) is 15.0 Å². The second kappa shape index (κ2) is 12.1. The van der Waals surface area contributed by atoms with Gasteiger partial charge in [0.15, 0.2) is 10.9 Å². The molecule has 0 bridgehead atoms. The summed E-state index contributed by atoms with van der Waals surface area (Å²) in [4.78, 5) is 14.6. The van der Waals surface area contributed by atoms with Crippen molar-refractivity contribution in [3.8, 4) is 16.2 Å². The zero-order valence-electron chi connectivity index (χ0n) is 22.8. The molecule has 4 rings (SSSR count). The number of tetrazole rings is 1. The van der Waals surface area contributed by atoms with Crippen molar-refractivity contribution in [2.24, 2.45) is 0 Å². The van der Waals surface area contributed by atoms with Gasteiger partial charge in [0.05, 0.1) is 6.54 Å². The molecule has 2 aromatic carbocycles. The maximum absolute atomic E-state index is 12.2. The van der Waals surface area contributed by atoms with Crippen LogP contribution >= 0.6 is 23.1 Å². The van der Waals surface area contributed by atoms with Crippen molar-refractivity contribution in [1.29, 1.82) is 0 Å². The number of rotatable bonds is 9. The summed E-state index contributed by atoms with van der Waals surface area (Å²) >= 11 is 3.38. The van der Waals surface area contributed by atoms with Crippen LogP contribution in [0.25, 0.3) is 11.1 Å². The first-order valence-electron chi connectivity index (χ1n) is 12.8. The molecule has 200 valence electrons. The lowest BCUT2D eigenvalue weighted by Crippen LogP contribution is -2.26. The molecule has 0 aliphatic heterocycles. The highest BCUT2D eigenvalue weighted by molar-refractivity contribution is 7.99. The molecule has 7 nitrogen and oxygen atoms in total. The van der Waals surface area contributed by atoms with Crippen molar-refractivity contribution in [2.45, 2.75) is 76.5 Å². The van der Waals surface area contributed by atoms with Crippen LogP contribution < -0.4 is 10.1 Å². The fraction of sp³-hybridized carbons (Fsp3) is 0.379. The van der Waals surface area contributed by atoms with Crippen LogP contribution in [0.1, 0.15) is 73.2 Å². The van der Waals surface area contributed by atoms with E-state index >= 15 is 0 Å². The van der Waals surface area contributed by atoms with E-state index in [9.17, 15) is 4.79 Å². The number of ether oxygens (including phenoxy) is 1. The molecule has 2 aromatic heterocycles. The van der Waals surface area contributed by atoms with Crippen LogP contribution in [0.15, 0.2) is 53.4 Å². The first-order chi connectivity index (χ1) is 18.1. The van der Waals surface area contributed by atoms with Crippen LogP contribution in [-0.4, -0.2) is 26.7 Å². The monoisotopic (exact) mass is 549 g/mol. The van der Waals surface area contributed by atoms with Crippen LogP contribution in [0.4, 0.5) is 4.79 Å². The van der Waals surface area contributed by atoms with E-state index in [1.165, 1.54) is 48.9 Å². The topological polar surface area (TPSA) is 92.8 Å². The number of hydrogen-bond acceptors (Lipinski definition) is 7. The van der Waals surface area contributed by atoms with E-state index in [2.05, 4.69) is 110 Å². The summed E-state index contributed by atoms with van der Waals surface area (Å²) in [7, 11) is 0. The fourth-order valence-corrected chi connectivity index (χ4v) is 6.89. The molecule has 2 heterocycles. The summed E-state index contributed by atoms with van der Waals surface area (Å²) in [5.74, 6) is 0.395. The van der Waals surface area contributed by atoms with Gasteiger partial charge in [-0.05, 0) is 77.8 Å². The minimum Gasteiger partial charge on any atom is -0.399 e. The summed E-state index contributed by atoms with van der Waals surface area (Å²) in [6.07, 6.45) is 1.55. The molecule has 0 radical (unpaired) electrons. The summed E-state index contributed by atoms with van der Waals surface area (Å²) < 4.78 is 5.48. The Morgan fingerprint density at radius 3 is 2.42 bits per heavy atom. The summed E-state index contributed by atoms with van der Waals surface area (Å²) in [6.45, 7) is 13.5. The lowest BCUT2D eigenvalue weighted by Gasteiger charge is -2.20. The highest BCUT2D eigenvalue weighted by atomic mass is 32.2. The van der Waals surface area contributed by atoms with Crippen molar-refractivity contribution >= 4 is 29.2 Å². The predicted octanol–water partition coefficient (Wildman–Crippen LogP) is 7.76. The first-order valence-corrected chi connectivity index (χ1v) is 14.5. The molecule has 0 aliphatic rings. The van der Waals surface area contributed by atoms with Gasteiger partial charge >= 0.3 is 6.09 Å².